The molecule has 4 aromatic rings. The number of aromatic nitrogens is 1. The van der Waals surface area contributed by atoms with Gasteiger partial charge in [-0.3, -0.25) is 4.79 Å². The number of halogens is 1. The van der Waals surface area contributed by atoms with E-state index in [1.54, 1.807) is 29.2 Å². The van der Waals surface area contributed by atoms with Crippen LogP contribution in [0.4, 0.5) is 10.2 Å². The van der Waals surface area contributed by atoms with Crippen molar-refractivity contribution >= 4 is 22.6 Å². The molecule has 2 aromatic carbocycles. The third kappa shape index (κ3) is 4.14. The van der Waals surface area contributed by atoms with Crippen LogP contribution < -0.4 is 9.64 Å². The molecule has 0 bridgehead atoms. The Balaban J connectivity index is 1.30. The van der Waals surface area contributed by atoms with Gasteiger partial charge in [-0.05, 0) is 48.0 Å². The first kappa shape index (κ1) is 20.1. The first-order valence-electron chi connectivity index (χ1n) is 10.5. The van der Waals surface area contributed by atoms with Gasteiger partial charge in [-0.15, -0.1) is 0 Å². The van der Waals surface area contributed by atoms with Gasteiger partial charge in [0.1, 0.15) is 29.5 Å². The number of furan rings is 1. The first-order valence-corrected chi connectivity index (χ1v) is 10.5. The van der Waals surface area contributed by atoms with Crippen molar-refractivity contribution in [2.75, 3.05) is 31.1 Å². The summed E-state index contributed by atoms with van der Waals surface area (Å²) in [6, 6.07) is 19.5. The monoisotopic (exact) mass is 431 g/mol. The zero-order chi connectivity index (χ0) is 21.9. The lowest BCUT2D eigenvalue weighted by Gasteiger charge is -2.35. The van der Waals surface area contributed by atoms with Crippen molar-refractivity contribution in [3.05, 3.63) is 90.1 Å². The molecule has 7 heteroatoms. The van der Waals surface area contributed by atoms with E-state index < -0.39 is 0 Å². The fourth-order valence-electron chi connectivity index (χ4n) is 3.84. The summed E-state index contributed by atoms with van der Waals surface area (Å²) >= 11 is 0. The molecular weight excluding hydrogens is 409 g/mol. The number of hydrogen-bond acceptors (Lipinski definition) is 5. The zero-order valence-electron chi connectivity index (χ0n) is 17.4. The van der Waals surface area contributed by atoms with Gasteiger partial charge in [0.15, 0.2) is 5.76 Å². The van der Waals surface area contributed by atoms with Crippen LogP contribution in [0.15, 0.2) is 77.4 Å². The van der Waals surface area contributed by atoms with E-state index in [0.29, 0.717) is 44.3 Å². The molecule has 0 atom stereocenters. The lowest BCUT2D eigenvalue weighted by atomic mass is 10.2. The van der Waals surface area contributed by atoms with Crippen LogP contribution in [0.2, 0.25) is 0 Å². The number of anilines is 1. The minimum atomic E-state index is -0.267. The fourth-order valence-corrected chi connectivity index (χ4v) is 3.84. The molecule has 0 saturated carbocycles. The van der Waals surface area contributed by atoms with Crippen molar-refractivity contribution in [2.45, 2.75) is 6.61 Å². The van der Waals surface area contributed by atoms with Crippen LogP contribution >= 0.6 is 0 Å². The van der Waals surface area contributed by atoms with Gasteiger partial charge >= 0.3 is 0 Å². The normalized spacial score (nSPS) is 14.0. The third-order valence-corrected chi connectivity index (χ3v) is 5.60. The summed E-state index contributed by atoms with van der Waals surface area (Å²) < 4.78 is 24.4. The Morgan fingerprint density at radius 3 is 2.53 bits per heavy atom. The number of fused-ring (bicyclic) bond motifs is 1. The highest BCUT2D eigenvalue weighted by Crippen LogP contribution is 2.28. The number of para-hydroxylation sites is 1. The quantitative estimate of drug-likeness (QED) is 0.465. The number of ether oxygens (including phenoxy) is 1. The summed E-state index contributed by atoms with van der Waals surface area (Å²) in [5, 5.41) is 0.983. The number of amides is 1. The lowest BCUT2D eigenvalue weighted by Crippen LogP contribution is -2.49. The van der Waals surface area contributed by atoms with Crippen LogP contribution in [0, 0.1) is 5.82 Å². The summed E-state index contributed by atoms with van der Waals surface area (Å²) in [6.45, 7) is 2.90. The Morgan fingerprint density at radius 1 is 0.969 bits per heavy atom. The molecule has 0 unspecified atom stereocenters. The summed E-state index contributed by atoms with van der Waals surface area (Å²) in [4.78, 5) is 21.3. The van der Waals surface area contributed by atoms with Crippen LogP contribution in [-0.4, -0.2) is 42.0 Å². The highest BCUT2D eigenvalue weighted by atomic mass is 19.1. The average molecular weight is 431 g/mol. The smallest absolute Gasteiger partial charge is 0.289 e. The maximum Gasteiger partial charge on any atom is 0.289 e. The van der Waals surface area contributed by atoms with Crippen LogP contribution in [0.1, 0.15) is 16.1 Å². The first-order chi connectivity index (χ1) is 15.7. The van der Waals surface area contributed by atoms with Gasteiger partial charge in [0.25, 0.3) is 5.91 Å². The largest absolute Gasteiger partial charge is 0.487 e. The van der Waals surface area contributed by atoms with Gasteiger partial charge < -0.3 is 19.0 Å². The molecule has 1 aliphatic heterocycles. The van der Waals surface area contributed by atoms with E-state index in [9.17, 15) is 9.18 Å². The van der Waals surface area contributed by atoms with E-state index in [0.717, 1.165) is 22.3 Å². The number of piperazine rings is 1. The van der Waals surface area contributed by atoms with Crippen molar-refractivity contribution in [3.63, 3.8) is 0 Å². The fraction of sp³-hybridized carbons (Fsp3) is 0.200. The van der Waals surface area contributed by atoms with Gasteiger partial charge in [-0.25, -0.2) is 9.37 Å². The van der Waals surface area contributed by atoms with Crippen molar-refractivity contribution < 1.29 is 18.3 Å². The summed E-state index contributed by atoms with van der Waals surface area (Å²) in [5.41, 5.74) is 1.66. The molecule has 0 spiro atoms. The molecule has 6 nitrogen and oxygen atoms in total. The number of carbonyl (C=O) groups excluding carboxylic acids is 1. The molecule has 0 N–H and O–H groups in total. The van der Waals surface area contributed by atoms with E-state index >= 15 is 0 Å². The van der Waals surface area contributed by atoms with Gasteiger partial charge in [0.2, 0.25) is 0 Å². The summed E-state index contributed by atoms with van der Waals surface area (Å²) in [7, 11) is 0. The Bertz CT molecular complexity index is 1220. The predicted molar refractivity (Wildman–Crippen MR) is 119 cm³/mol. The molecule has 3 heterocycles. The predicted octanol–water partition coefficient (Wildman–Crippen LogP) is 4.51. The zero-order valence-corrected chi connectivity index (χ0v) is 17.4. The van der Waals surface area contributed by atoms with Crippen LogP contribution in [0.3, 0.4) is 0 Å². The molecule has 1 saturated heterocycles. The number of hydrogen-bond donors (Lipinski definition) is 0. The molecule has 162 valence electrons. The lowest BCUT2D eigenvalue weighted by molar-refractivity contribution is 0.0714. The molecule has 5 rings (SSSR count). The highest BCUT2D eigenvalue weighted by Gasteiger charge is 2.24. The Morgan fingerprint density at radius 2 is 1.78 bits per heavy atom. The maximum absolute atomic E-state index is 13.1. The average Bonchev–Trinajstić information content (AvgIpc) is 3.38. The van der Waals surface area contributed by atoms with E-state index in [2.05, 4.69) is 4.90 Å². The number of carbonyl (C=O) groups is 1. The second-order valence-electron chi connectivity index (χ2n) is 7.67. The van der Waals surface area contributed by atoms with E-state index in [4.69, 9.17) is 14.1 Å². The minimum Gasteiger partial charge on any atom is -0.487 e. The molecule has 32 heavy (non-hydrogen) atoms. The van der Waals surface area contributed by atoms with Crippen LogP contribution in [0.5, 0.6) is 5.75 Å². The van der Waals surface area contributed by atoms with Gasteiger partial charge in [-0.2, -0.15) is 0 Å². The van der Waals surface area contributed by atoms with Crippen molar-refractivity contribution in [1.29, 1.82) is 0 Å². The molecule has 1 fully saturated rings. The summed E-state index contributed by atoms with van der Waals surface area (Å²) in [5.74, 6) is 1.54. The minimum absolute atomic E-state index is 0.0856. The van der Waals surface area contributed by atoms with Crippen LogP contribution in [0.25, 0.3) is 10.9 Å². The van der Waals surface area contributed by atoms with Crippen molar-refractivity contribution in [3.8, 4) is 5.75 Å². The van der Waals surface area contributed by atoms with Gasteiger partial charge in [-0.1, -0.05) is 24.3 Å². The maximum atomic E-state index is 13.1. The highest BCUT2D eigenvalue weighted by molar-refractivity contribution is 5.91. The third-order valence-electron chi connectivity index (χ3n) is 5.60. The molecule has 2 aromatic heterocycles. The van der Waals surface area contributed by atoms with Crippen LogP contribution in [-0.2, 0) is 6.61 Å². The second kappa shape index (κ2) is 8.70. The molecule has 1 amide bonds. The number of benzene rings is 2. The molecular formula is C25H22FN3O3. The number of pyridine rings is 1. The van der Waals surface area contributed by atoms with Crippen molar-refractivity contribution in [2.24, 2.45) is 0 Å². The Kier molecular flexibility index (Phi) is 5.46. The molecule has 0 aliphatic carbocycles. The van der Waals surface area contributed by atoms with E-state index in [1.807, 2.05) is 30.3 Å². The Hall–Kier alpha value is -3.87. The van der Waals surface area contributed by atoms with Crippen molar-refractivity contribution in [1.82, 2.24) is 9.88 Å². The summed E-state index contributed by atoms with van der Waals surface area (Å²) in [6.07, 6.45) is 1.51. The number of nitrogens with zero attached hydrogens (tertiary/aromatic N) is 3. The number of rotatable bonds is 5. The van der Waals surface area contributed by atoms with Gasteiger partial charge in [0.05, 0.1) is 6.26 Å². The SMILES string of the molecule is O=C(c1ccco1)N1CCN(c2ccc3cccc(OCc4ccc(F)cc4)c3n2)CC1. The van der Waals surface area contributed by atoms with Gasteiger partial charge in [0, 0.05) is 31.6 Å². The molecule has 1 aliphatic rings. The topological polar surface area (TPSA) is 58.8 Å². The standard InChI is InChI=1S/C25H22FN3O3/c26-20-9-6-18(7-10-20)17-32-21-4-1-3-19-8-11-23(27-24(19)21)28-12-14-29(15-13-28)25(30)22-5-2-16-31-22/h1-11,16H,12-15,17H2. The Labute approximate surface area is 184 Å². The van der Waals surface area contributed by atoms with E-state index in [1.165, 1.54) is 18.4 Å². The molecule has 0 radical (unpaired) electrons. The van der Waals surface area contributed by atoms with E-state index in [-0.39, 0.29) is 11.7 Å². The second-order valence-corrected chi connectivity index (χ2v) is 7.67.